The highest BCUT2D eigenvalue weighted by atomic mass is 35.5. The van der Waals surface area contributed by atoms with Crippen molar-refractivity contribution in [2.45, 2.75) is 27.2 Å². The van der Waals surface area contributed by atoms with Gasteiger partial charge in [0.25, 0.3) is 0 Å². The number of nitrogens with one attached hydrogen (secondary N) is 1. The first-order valence-electron chi connectivity index (χ1n) is 9.94. The molecule has 0 saturated carbocycles. The van der Waals surface area contributed by atoms with Crippen molar-refractivity contribution in [2.75, 3.05) is 38.0 Å². The van der Waals surface area contributed by atoms with E-state index in [0.29, 0.717) is 49.9 Å². The maximum atomic E-state index is 12.5. The Labute approximate surface area is 177 Å². The monoisotopic (exact) mass is 413 g/mol. The lowest BCUT2D eigenvalue weighted by molar-refractivity contribution is -0.132. The van der Waals surface area contributed by atoms with Crippen LogP contribution >= 0.6 is 11.6 Å². The second kappa shape index (κ2) is 9.42. The molecular formula is C23H28ClN3O2. The summed E-state index contributed by atoms with van der Waals surface area (Å²) in [5, 5.41) is 3.49. The summed E-state index contributed by atoms with van der Waals surface area (Å²) in [5.41, 5.74) is 4.92. The van der Waals surface area contributed by atoms with Crippen molar-refractivity contribution in [1.82, 2.24) is 9.80 Å². The quantitative estimate of drug-likeness (QED) is 0.814. The Kier molecular flexibility index (Phi) is 6.93. The minimum atomic E-state index is -0.0849. The van der Waals surface area contributed by atoms with E-state index < -0.39 is 0 Å². The van der Waals surface area contributed by atoms with Gasteiger partial charge in [0, 0.05) is 26.2 Å². The summed E-state index contributed by atoms with van der Waals surface area (Å²) in [7, 11) is 0. The van der Waals surface area contributed by atoms with Crippen molar-refractivity contribution < 1.29 is 9.59 Å². The van der Waals surface area contributed by atoms with Crippen LogP contribution in [0, 0.1) is 20.8 Å². The SMILES string of the molecule is Cc1ccc(CC(=O)N2CCN(CC(=O)Nc3c(C)cc(C)cc3Cl)CC2)cc1. The molecule has 0 radical (unpaired) electrons. The highest BCUT2D eigenvalue weighted by molar-refractivity contribution is 6.34. The number of carbonyl (C=O) groups is 2. The van der Waals surface area contributed by atoms with E-state index in [0.717, 1.165) is 16.7 Å². The maximum Gasteiger partial charge on any atom is 0.238 e. The molecule has 29 heavy (non-hydrogen) atoms. The van der Waals surface area contributed by atoms with E-state index in [4.69, 9.17) is 11.6 Å². The van der Waals surface area contributed by atoms with Gasteiger partial charge in [0.05, 0.1) is 23.7 Å². The number of halogens is 1. The number of benzene rings is 2. The summed E-state index contributed by atoms with van der Waals surface area (Å²) < 4.78 is 0. The largest absolute Gasteiger partial charge is 0.340 e. The molecule has 0 atom stereocenters. The summed E-state index contributed by atoms with van der Waals surface area (Å²) in [6.07, 6.45) is 0.423. The average molecular weight is 414 g/mol. The van der Waals surface area contributed by atoms with E-state index in [9.17, 15) is 9.59 Å². The Hall–Kier alpha value is -2.37. The van der Waals surface area contributed by atoms with Gasteiger partial charge in [0.2, 0.25) is 11.8 Å². The number of piperazine rings is 1. The van der Waals surface area contributed by atoms with Crippen molar-refractivity contribution in [1.29, 1.82) is 0 Å². The lowest BCUT2D eigenvalue weighted by atomic mass is 10.1. The molecule has 1 fully saturated rings. The zero-order valence-electron chi connectivity index (χ0n) is 17.3. The number of carbonyl (C=O) groups excluding carboxylic acids is 2. The molecule has 2 amide bonds. The lowest BCUT2D eigenvalue weighted by Crippen LogP contribution is -2.50. The molecule has 0 bridgehead atoms. The predicted octanol–water partition coefficient (Wildman–Crippen LogP) is 3.59. The van der Waals surface area contributed by atoms with Crippen LogP contribution in [-0.4, -0.2) is 54.3 Å². The molecule has 1 N–H and O–H groups in total. The van der Waals surface area contributed by atoms with Gasteiger partial charge in [-0.1, -0.05) is 47.5 Å². The van der Waals surface area contributed by atoms with Crippen LogP contribution in [0.25, 0.3) is 0 Å². The van der Waals surface area contributed by atoms with Gasteiger partial charge >= 0.3 is 0 Å². The fraction of sp³-hybridized carbons (Fsp3) is 0.391. The molecule has 154 valence electrons. The van der Waals surface area contributed by atoms with E-state index in [2.05, 4.69) is 10.2 Å². The first-order valence-corrected chi connectivity index (χ1v) is 10.3. The van der Waals surface area contributed by atoms with Crippen LogP contribution in [0.3, 0.4) is 0 Å². The Morgan fingerprint density at radius 2 is 1.62 bits per heavy atom. The van der Waals surface area contributed by atoms with Gasteiger partial charge in [-0.15, -0.1) is 0 Å². The zero-order valence-corrected chi connectivity index (χ0v) is 18.1. The molecule has 0 aromatic heterocycles. The van der Waals surface area contributed by atoms with E-state index >= 15 is 0 Å². The number of rotatable bonds is 5. The van der Waals surface area contributed by atoms with Gasteiger partial charge in [-0.05, 0) is 43.5 Å². The van der Waals surface area contributed by atoms with E-state index in [1.54, 1.807) is 0 Å². The molecular weight excluding hydrogens is 386 g/mol. The lowest BCUT2D eigenvalue weighted by Gasteiger charge is -2.34. The molecule has 0 aliphatic carbocycles. The summed E-state index contributed by atoms with van der Waals surface area (Å²) in [4.78, 5) is 29.0. The third kappa shape index (κ3) is 5.81. The van der Waals surface area contributed by atoms with Gasteiger partial charge in [-0.2, -0.15) is 0 Å². The third-order valence-corrected chi connectivity index (χ3v) is 5.56. The van der Waals surface area contributed by atoms with Crippen molar-refractivity contribution in [3.63, 3.8) is 0 Å². The smallest absolute Gasteiger partial charge is 0.238 e. The van der Waals surface area contributed by atoms with Crippen LogP contribution in [0.1, 0.15) is 22.3 Å². The first-order chi connectivity index (χ1) is 13.8. The minimum Gasteiger partial charge on any atom is -0.340 e. The fourth-order valence-electron chi connectivity index (χ4n) is 3.60. The third-order valence-electron chi connectivity index (χ3n) is 5.26. The summed E-state index contributed by atoms with van der Waals surface area (Å²) in [6, 6.07) is 11.9. The van der Waals surface area contributed by atoms with E-state index in [1.807, 2.05) is 62.1 Å². The molecule has 0 unspecified atom stereocenters. The predicted molar refractivity (Wildman–Crippen MR) is 117 cm³/mol. The van der Waals surface area contributed by atoms with E-state index in [1.165, 1.54) is 5.56 Å². The topological polar surface area (TPSA) is 52.7 Å². The second-order valence-electron chi connectivity index (χ2n) is 7.81. The minimum absolute atomic E-state index is 0.0849. The molecule has 1 aliphatic rings. The van der Waals surface area contributed by atoms with Gasteiger partial charge in [-0.3, -0.25) is 14.5 Å². The first kappa shape index (κ1) is 21.3. The van der Waals surface area contributed by atoms with Crippen molar-refractivity contribution in [3.8, 4) is 0 Å². The molecule has 6 heteroatoms. The van der Waals surface area contributed by atoms with Crippen LogP contribution in [0.5, 0.6) is 0 Å². The van der Waals surface area contributed by atoms with Gasteiger partial charge in [-0.25, -0.2) is 0 Å². The highest BCUT2D eigenvalue weighted by Gasteiger charge is 2.23. The van der Waals surface area contributed by atoms with Crippen molar-refractivity contribution in [2.24, 2.45) is 0 Å². The van der Waals surface area contributed by atoms with Crippen LogP contribution < -0.4 is 5.32 Å². The van der Waals surface area contributed by atoms with E-state index in [-0.39, 0.29) is 11.8 Å². The molecule has 1 saturated heterocycles. The summed E-state index contributed by atoms with van der Waals surface area (Å²) in [6.45, 7) is 8.90. The number of hydrogen-bond acceptors (Lipinski definition) is 3. The zero-order chi connectivity index (χ0) is 21.0. The summed E-state index contributed by atoms with van der Waals surface area (Å²) >= 11 is 6.28. The van der Waals surface area contributed by atoms with Gasteiger partial charge in [0.1, 0.15) is 0 Å². The van der Waals surface area contributed by atoms with Crippen LogP contribution in [0.15, 0.2) is 36.4 Å². The van der Waals surface area contributed by atoms with Crippen molar-refractivity contribution in [3.05, 3.63) is 63.7 Å². The number of anilines is 1. The number of nitrogens with zero attached hydrogens (tertiary/aromatic N) is 2. The molecule has 2 aromatic rings. The Balaban J connectivity index is 1.47. The Bertz CT molecular complexity index is 864. The number of aryl methyl sites for hydroxylation is 3. The number of amides is 2. The Morgan fingerprint density at radius 3 is 2.24 bits per heavy atom. The highest BCUT2D eigenvalue weighted by Crippen LogP contribution is 2.27. The molecule has 2 aromatic carbocycles. The van der Waals surface area contributed by atoms with Crippen LogP contribution in [0.2, 0.25) is 5.02 Å². The molecule has 1 aliphatic heterocycles. The van der Waals surface area contributed by atoms with Crippen LogP contribution in [-0.2, 0) is 16.0 Å². The van der Waals surface area contributed by atoms with Crippen molar-refractivity contribution >= 4 is 29.1 Å². The van der Waals surface area contributed by atoms with Crippen LogP contribution in [0.4, 0.5) is 5.69 Å². The maximum absolute atomic E-state index is 12.5. The normalized spacial score (nSPS) is 14.7. The van der Waals surface area contributed by atoms with Gasteiger partial charge < -0.3 is 10.2 Å². The Morgan fingerprint density at radius 1 is 0.966 bits per heavy atom. The molecule has 3 rings (SSSR count). The molecule has 1 heterocycles. The van der Waals surface area contributed by atoms with Gasteiger partial charge in [0.15, 0.2) is 0 Å². The molecule has 5 nitrogen and oxygen atoms in total. The number of hydrogen-bond donors (Lipinski definition) is 1. The average Bonchev–Trinajstić information content (AvgIpc) is 2.67. The fourth-order valence-corrected chi connectivity index (χ4v) is 3.97. The standard InChI is InChI=1S/C23H28ClN3O2/c1-16-4-6-19(7-5-16)14-22(29)27-10-8-26(9-11-27)15-21(28)25-23-18(3)12-17(2)13-20(23)24/h4-7,12-13H,8-11,14-15H2,1-3H3,(H,25,28). The molecule has 0 spiro atoms. The second-order valence-corrected chi connectivity index (χ2v) is 8.21. The summed E-state index contributed by atoms with van der Waals surface area (Å²) in [5.74, 6) is 0.0540.